The Morgan fingerprint density at radius 2 is 1.91 bits per heavy atom. The van der Waals surface area contributed by atoms with Crippen molar-refractivity contribution in [2.24, 2.45) is 7.05 Å². The number of piperidine rings is 1. The molecule has 0 atom stereocenters. The third-order valence-electron chi connectivity index (χ3n) is 6.54. The van der Waals surface area contributed by atoms with Crippen LogP contribution in [0.2, 0.25) is 0 Å². The molecule has 0 radical (unpaired) electrons. The fourth-order valence-corrected chi connectivity index (χ4v) is 4.94. The summed E-state index contributed by atoms with van der Waals surface area (Å²) in [6, 6.07) is 13.8. The molecule has 3 heterocycles. The molecule has 1 fully saturated rings. The summed E-state index contributed by atoms with van der Waals surface area (Å²) in [5.41, 5.74) is 4.53. The second-order valence-electron chi connectivity index (χ2n) is 9.06. The summed E-state index contributed by atoms with van der Waals surface area (Å²) in [5.74, 6) is 1.75. The average Bonchev–Trinajstić information content (AvgIpc) is 3.17. The molecule has 6 heteroatoms. The predicted octanol–water partition coefficient (Wildman–Crippen LogP) is 4.71. The van der Waals surface area contributed by atoms with E-state index in [4.69, 9.17) is 9.47 Å². The van der Waals surface area contributed by atoms with Crippen LogP contribution < -0.4 is 9.47 Å². The second-order valence-corrected chi connectivity index (χ2v) is 9.06. The van der Waals surface area contributed by atoms with Gasteiger partial charge < -0.3 is 14.4 Å². The van der Waals surface area contributed by atoms with Gasteiger partial charge >= 0.3 is 0 Å². The van der Waals surface area contributed by atoms with Crippen molar-refractivity contribution >= 4 is 5.91 Å². The molecule has 32 heavy (non-hydrogen) atoms. The minimum atomic E-state index is -0.446. The van der Waals surface area contributed by atoms with E-state index < -0.39 is 5.60 Å². The molecule has 5 rings (SSSR count). The van der Waals surface area contributed by atoms with E-state index in [9.17, 15) is 4.79 Å². The lowest BCUT2D eigenvalue weighted by atomic mass is 9.81. The lowest BCUT2D eigenvalue weighted by Gasteiger charge is -2.44. The van der Waals surface area contributed by atoms with Crippen LogP contribution in [0.15, 0.2) is 48.7 Å². The van der Waals surface area contributed by atoms with E-state index in [1.54, 1.807) is 0 Å². The van der Waals surface area contributed by atoms with Gasteiger partial charge in [0.2, 0.25) is 0 Å². The maximum absolute atomic E-state index is 13.3. The lowest BCUT2D eigenvalue weighted by molar-refractivity contribution is -0.00174. The van der Waals surface area contributed by atoms with Gasteiger partial charge in [-0.1, -0.05) is 12.1 Å². The molecular weight excluding hydrogens is 402 g/mol. The fraction of sp³-hybridized carbons (Fsp3) is 0.385. The van der Waals surface area contributed by atoms with Crippen molar-refractivity contribution in [2.75, 3.05) is 13.1 Å². The van der Waals surface area contributed by atoms with Gasteiger partial charge in [-0.05, 0) is 56.7 Å². The Labute approximate surface area is 188 Å². The van der Waals surface area contributed by atoms with E-state index in [1.165, 1.54) is 0 Å². The molecular formula is C26H29N3O3. The lowest BCUT2D eigenvalue weighted by Crippen LogP contribution is -2.49. The zero-order valence-electron chi connectivity index (χ0n) is 19.1. The zero-order valence-corrected chi connectivity index (χ0v) is 19.1. The number of amides is 1. The molecule has 166 valence electrons. The van der Waals surface area contributed by atoms with Gasteiger partial charge in [-0.15, -0.1) is 0 Å². The molecule has 1 amide bonds. The molecule has 0 bridgehead atoms. The van der Waals surface area contributed by atoms with Crippen LogP contribution in [0.1, 0.15) is 48.2 Å². The Hall–Kier alpha value is -3.28. The van der Waals surface area contributed by atoms with Gasteiger partial charge in [0.15, 0.2) is 0 Å². The molecule has 2 aliphatic heterocycles. The summed E-state index contributed by atoms with van der Waals surface area (Å²) in [6.45, 7) is 7.24. The molecule has 0 saturated carbocycles. The molecule has 1 saturated heterocycles. The highest BCUT2D eigenvalue weighted by atomic mass is 16.5. The van der Waals surface area contributed by atoms with E-state index in [2.05, 4.69) is 11.2 Å². The molecule has 0 N–H and O–H groups in total. The Balaban J connectivity index is 1.37. The van der Waals surface area contributed by atoms with E-state index in [-0.39, 0.29) is 12.0 Å². The minimum absolute atomic E-state index is 0.0658. The van der Waals surface area contributed by atoms with E-state index in [0.29, 0.717) is 13.1 Å². The van der Waals surface area contributed by atoms with Gasteiger partial charge in [0.05, 0.1) is 18.0 Å². The number of ether oxygens (including phenoxy) is 2. The Morgan fingerprint density at radius 3 is 2.62 bits per heavy atom. The van der Waals surface area contributed by atoms with Crippen molar-refractivity contribution in [3.05, 3.63) is 65.4 Å². The number of aromatic nitrogens is 2. The van der Waals surface area contributed by atoms with Crippen LogP contribution in [0.5, 0.6) is 11.5 Å². The smallest absolute Gasteiger partial charge is 0.254 e. The van der Waals surface area contributed by atoms with Crippen LogP contribution in [-0.2, 0) is 12.6 Å². The van der Waals surface area contributed by atoms with Crippen LogP contribution in [0.25, 0.3) is 11.3 Å². The predicted molar refractivity (Wildman–Crippen MR) is 123 cm³/mol. The third-order valence-corrected chi connectivity index (χ3v) is 6.54. The molecule has 6 nitrogen and oxygen atoms in total. The van der Waals surface area contributed by atoms with Gasteiger partial charge in [0.1, 0.15) is 17.1 Å². The molecule has 0 aliphatic carbocycles. The summed E-state index contributed by atoms with van der Waals surface area (Å²) < 4.78 is 14.3. The SMILES string of the molecule is Cc1cc(OC(C)C)ccc1C(=O)N1CCC2(CC1)Oc1ccccc1-c1c2cnn1C. The highest BCUT2D eigenvalue weighted by Crippen LogP contribution is 2.49. The maximum atomic E-state index is 13.3. The van der Waals surface area contributed by atoms with Crippen LogP contribution >= 0.6 is 0 Å². The number of fused-ring (bicyclic) bond motifs is 4. The summed E-state index contributed by atoms with van der Waals surface area (Å²) in [4.78, 5) is 15.2. The number of para-hydroxylation sites is 1. The van der Waals surface area contributed by atoms with Crippen molar-refractivity contribution in [1.82, 2.24) is 14.7 Å². The fourth-order valence-electron chi connectivity index (χ4n) is 4.94. The van der Waals surface area contributed by atoms with E-state index in [0.717, 1.165) is 52.3 Å². The first-order valence-electron chi connectivity index (χ1n) is 11.3. The number of hydrogen-bond acceptors (Lipinski definition) is 4. The van der Waals surface area contributed by atoms with Crippen molar-refractivity contribution in [2.45, 2.75) is 45.3 Å². The highest BCUT2D eigenvalue weighted by molar-refractivity contribution is 5.96. The maximum Gasteiger partial charge on any atom is 0.254 e. The van der Waals surface area contributed by atoms with Gasteiger partial charge in [-0.25, -0.2) is 0 Å². The molecule has 1 aromatic heterocycles. The van der Waals surface area contributed by atoms with Crippen LogP contribution in [0.3, 0.4) is 0 Å². The molecule has 2 aromatic carbocycles. The quantitative estimate of drug-likeness (QED) is 0.603. The Kier molecular flexibility index (Phi) is 4.96. The molecule has 2 aliphatic rings. The van der Waals surface area contributed by atoms with Crippen molar-refractivity contribution in [3.8, 4) is 22.8 Å². The topological polar surface area (TPSA) is 56.6 Å². The number of carbonyl (C=O) groups is 1. The average molecular weight is 432 g/mol. The number of rotatable bonds is 3. The summed E-state index contributed by atoms with van der Waals surface area (Å²) in [7, 11) is 1.97. The largest absolute Gasteiger partial charge is 0.491 e. The normalized spacial score (nSPS) is 16.5. The van der Waals surface area contributed by atoms with Crippen molar-refractivity contribution < 1.29 is 14.3 Å². The second kappa shape index (κ2) is 7.69. The third kappa shape index (κ3) is 3.34. The number of hydrogen-bond donors (Lipinski definition) is 0. The van der Waals surface area contributed by atoms with E-state index >= 15 is 0 Å². The molecule has 0 unspecified atom stereocenters. The van der Waals surface area contributed by atoms with Crippen LogP contribution in [0.4, 0.5) is 0 Å². The number of benzene rings is 2. The minimum Gasteiger partial charge on any atom is -0.491 e. The number of likely N-dealkylation sites (tertiary alicyclic amines) is 1. The van der Waals surface area contributed by atoms with Gasteiger partial charge in [0.25, 0.3) is 5.91 Å². The summed E-state index contributed by atoms with van der Waals surface area (Å²) >= 11 is 0. The monoisotopic (exact) mass is 431 g/mol. The van der Waals surface area contributed by atoms with Crippen molar-refractivity contribution in [3.63, 3.8) is 0 Å². The number of carbonyl (C=O) groups excluding carboxylic acids is 1. The summed E-state index contributed by atoms with van der Waals surface area (Å²) in [5, 5.41) is 4.53. The number of aryl methyl sites for hydroxylation is 2. The Morgan fingerprint density at radius 1 is 1.16 bits per heavy atom. The number of nitrogens with zero attached hydrogens (tertiary/aromatic N) is 3. The molecule has 3 aromatic rings. The Bertz CT molecular complexity index is 1170. The highest BCUT2D eigenvalue weighted by Gasteiger charge is 2.45. The van der Waals surface area contributed by atoms with E-state index in [1.807, 2.05) is 80.0 Å². The standard InChI is InChI=1S/C26H29N3O3/c1-17(2)31-19-9-10-20(18(3)15-19)25(30)29-13-11-26(12-14-29)22-16-27-28(4)24(22)21-7-5-6-8-23(21)32-26/h5-10,15-17H,11-14H2,1-4H3. The summed E-state index contributed by atoms with van der Waals surface area (Å²) in [6.07, 6.45) is 3.51. The first kappa shape index (κ1) is 20.6. The van der Waals surface area contributed by atoms with Crippen LogP contribution in [0, 0.1) is 6.92 Å². The van der Waals surface area contributed by atoms with Gasteiger partial charge in [-0.3, -0.25) is 9.48 Å². The van der Waals surface area contributed by atoms with Crippen molar-refractivity contribution in [1.29, 1.82) is 0 Å². The van der Waals surface area contributed by atoms with Gasteiger partial charge in [0, 0.05) is 49.7 Å². The van der Waals surface area contributed by atoms with Gasteiger partial charge in [-0.2, -0.15) is 5.10 Å². The first-order chi connectivity index (χ1) is 15.4. The van der Waals surface area contributed by atoms with Crippen LogP contribution in [-0.4, -0.2) is 39.8 Å². The molecule has 1 spiro atoms. The first-order valence-corrected chi connectivity index (χ1v) is 11.3. The zero-order chi connectivity index (χ0) is 22.5.